The fraction of sp³-hybridized carbons (Fsp3) is 0.450. The monoisotopic (exact) mass is 400 g/mol. The minimum Gasteiger partial charge on any atom is -0.486 e. The number of piperidine rings is 1. The number of fused-ring (bicyclic) bond motifs is 1. The van der Waals surface area contributed by atoms with Crippen molar-refractivity contribution in [2.24, 2.45) is 20.0 Å². The highest BCUT2D eigenvalue weighted by Crippen LogP contribution is 2.33. The molecule has 0 unspecified atom stereocenters. The molecule has 0 spiro atoms. The number of nitrogens with zero attached hydrogens (tertiary/aromatic N) is 3. The van der Waals surface area contributed by atoms with Crippen LogP contribution in [-0.2, 0) is 18.9 Å². The molecule has 1 N–H and O–H groups in total. The van der Waals surface area contributed by atoms with Gasteiger partial charge in [-0.2, -0.15) is 0 Å². The molecule has 0 radical (unpaired) electrons. The maximum Gasteiger partial charge on any atom is 0.332 e. The number of benzene rings is 1. The SMILES string of the molecule is Cn1c(N2CCC(C(=O)Nc3ccc4c(c3)OCCO4)CC2)cc(=O)n(C)c1=O. The van der Waals surface area contributed by atoms with Crippen molar-refractivity contribution in [1.29, 1.82) is 0 Å². The van der Waals surface area contributed by atoms with Crippen LogP contribution in [0.15, 0.2) is 33.9 Å². The summed E-state index contributed by atoms with van der Waals surface area (Å²) in [7, 11) is 3.11. The van der Waals surface area contributed by atoms with E-state index >= 15 is 0 Å². The lowest BCUT2D eigenvalue weighted by atomic mass is 9.95. The summed E-state index contributed by atoms with van der Waals surface area (Å²) in [4.78, 5) is 38.8. The standard InChI is InChI=1S/C20H24N4O5/c1-22-17(12-18(25)23(2)20(22)27)24-7-5-13(6-8-24)19(26)21-14-3-4-15-16(11-14)29-10-9-28-15/h3-4,11-13H,5-10H2,1-2H3,(H,21,26). The van der Waals surface area contributed by atoms with Crippen LogP contribution in [0.5, 0.6) is 11.5 Å². The first-order valence-corrected chi connectivity index (χ1v) is 9.66. The van der Waals surface area contributed by atoms with Crippen molar-refractivity contribution < 1.29 is 14.3 Å². The molecule has 154 valence electrons. The van der Waals surface area contributed by atoms with Crippen molar-refractivity contribution in [3.05, 3.63) is 45.1 Å². The summed E-state index contributed by atoms with van der Waals surface area (Å²) in [5, 5.41) is 2.95. The number of carbonyl (C=O) groups is 1. The summed E-state index contributed by atoms with van der Waals surface area (Å²) in [5.74, 6) is 1.73. The lowest BCUT2D eigenvalue weighted by Gasteiger charge is -2.33. The Hall–Kier alpha value is -3.23. The number of amides is 1. The summed E-state index contributed by atoms with van der Waals surface area (Å²) in [6.07, 6.45) is 1.28. The first kappa shape index (κ1) is 19.1. The smallest absolute Gasteiger partial charge is 0.332 e. The quantitative estimate of drug-likeness (QED) is 0.816. The van der Waals surface area contributed by atoms with E-state index < -0.39 is 0 Å². The molecular weight excluding hydrogens is 376 g/mol. The van der Waals surface area contributed by atoms with Crippen LogP contribution in [0.2, 0.25) is 0 Å². The third kappa shape index (κ3) is 3.72. The van der Waals surface area contributed by atoms with E-state index in [1.54, 1.807) is 25.2 Å². The molecule has 1 fully saturated rings. The normalized spacial score (nSPS) is 16.6. The molecule has 0 atom stereocenters. The highest BCUT2D eigenvalue weighted by molar-refractivity contribution is 5.93. The Morgan fingerprint density at radius 3 is 2.41 bits per heavy atom. The van der Waals surface area contributed by atoms with Gasteiger partial charge in [0.1, 0.15) is 19.0 Å². The van der Waals surface area contributed by atoms with Crippen LogP contribution < -0.4 is 30.9 Å². The molecule has 2 aliphatic heterocycles. The Balaban J connectivity index is 1.40. The second-order valence-electron chi connectivity index (χ2n) is 7.35. The third-order valence-electron chi connectivity index (χ3n) is 5.50. The zero-order chi connectivity index (χ0) is 20.5. The van der Waals surface area contributed by atoms with Crippen LogP contribution in [0, 0.1) is 5.92 Å². The molecule has 4 rings (SSSR count). The fourth-order valence-electron chi connectivity index (χ4n) is 3.76. The summed E-state index contributed by atoms with van der Waals surface area (Å²) in [5.41, 5.74) is -0.0109. The molecule has 3 heterocycles. The van der Waals surface area contributed by atoms with Gasteiger partial charge in [-0.3, -0.25) is 18.7 Å². The minimum absolute atomic E-state index is 0.0424. The number of anilines is 2. The summed E-state index contributed by atoms with van der Waals surface area (Å²) >= 11 is 0. The maximum absolute atomic E-state index is 12.7. The van der Waals surface area contributed by atoms with E-state index in [9.17, 15) is 14.4 Å². The molecule has 0 bridgehead atoms. The van der Waals surface area contributed by atoms with Gasteiger partial charge in [-0.1, -0.05) is 0 Å². The average molecular weight is 400 g/mol. The Bertz CT molecular complexity index is 1050. The molecule has 2 aromatic rings. The Kier molecular flexibility index (Phi) is 5.04. The van der Waals surface area contributed by atoms with Crippen molar-refractivity contribution in [3.8, 4) is 11.5 Å². The van der Waals surface area contributed by atoms with Gasteiger partial charge in [-0.15, -0.1) is 0 Å². The second-order valence-corrected chi connectivity index (χ2v) is 7.35. The number of nitrogens with one attached hydrogen (secondary N) is 1. The molecule has 0 aliphatic carbocycles. The Morgan fingerprint density at radius 2 is 1.69 bits per heavy atom. The molecule has 1 amide bonds. The first-order chi connectivity index (χ1) is 13.9. The van der Waals surface area contributed by atoms with Gasteiger partial charge < -0.3 is 19.7 Å². The van der Waals surface area contributed by atoms with Crippen molar-refractivity contribution in [2.75, 3.05) is 36.5 Å². The highest BCUT2D eigenvalue weighted by atomic mass is 16.6. The van der Waals surface area contributed by atoms with Crippen molar-refractivity contribution in [2.45, 2.75) is 12.8 Å². The zero-order valence-electron chi connectivity index (χ0n) is 16.5. The van der Waals surface area contributed by atoms with Crippen LogP contribution in [-0.4, -0.2) is 41.3 Å². The van der Waals surface area contributed by atoms with Crippen LogP contribution in [0.4, 0.5) is 11.5 Å². The number of ether oxygens (including phenoxy) is 2. The average Bonchev–Trinajstić information content (AvgIpc) is 2.75. The molecule has 1 saturated heterocycles. The predicted octanol–water partition coefficient (Wildman–Crippen LogP) is 0.710. The van der Waals surface area contributed by atoms with Gasteiger partial charge in [-0.05, 0) is 25.0 Å². The first-order valence-electron chi connectivity index (χ1n) is 9.66. The fourth-order valence-corrected chi connectivity index (χ4v) is 3.76. The number of hydrogen-bond donors (Lipinski definition) is 1. The Morgan fingerprint density at radius 1 is 1.00 bits per heavy atom. The molecule has 29 heavy (non-hydrogen) atoms. The number of rotatable bonds is 3. The van der Waals surface area contributed by atoms with E-state index in [2.05, 4.69) is 5.32 Å². The summed E-state index contributed by atoms with van der Waals surface area (Å²) in [6.45, 7) is 2.21. The molecule has 2 aliphatic rings. The molecule has 1 aromatic heterocycles. The molecule has 9 heteroatoms. The van der Waals surface area contributed by atoms with E-state index in [1.807, 2.05) is 4.90 Å². The largest absolute Gasteiger partial charge is 0.486 e. The van der Waals surface area contributed by atoms with Crippen molar-refractivity contribution in [3.63, 3.8) is 0 Å². The third-order valence-corrected chi connectivity index (χ3v) is 5.50. The topological polar surface area (TPSA) is 94.8 Å². The van der Waals surface area contributed by atoms with Gasteiger partial charge >= 0.3 is 5.69 Å². The van der Waals surface area contributed by atoms with E-state index in [1.165, 1.54) is 17.7 Å². The molecule has 1 aromatic carbocycles. The van der Waals surface area contributed by atoms with Gasteiger partial charge in [0.2, 0.25) is 5.91 Å². The summed E-state index contributed by atoms with van der Waals surface area (Å²) in [6, 6.07) is 6.84. The van der Waals surface area contributed by atoms with E-state index in [-0.39, 0.29) is 23.1 Å². The second kappa shape index (κ2) is 7.65. The lowest BCUT2D eigenvalue weighted by molar-refractivity contribution is -0.120. The van der Waals surface area contributed by atoms with Crippen LogP contribution in [0.1, 0.15) is 12.8 Å². The van der Waals surface area contributed by atoms with Crippen LogP contribution in [0.25, 0.3) is 0 Å². The zero-order valence-corrected chi connectivity index (χ0v) is 16.5. The number of aromatic nitrogens is 2. The van der Waals surface area contributed by atoms with Gasteiger partial charge in [0, 0.05) is 50.9 Å². The van der Waals surface area contributed by atoms with Gasteiger partial charge in [0.15, 0.2) is 11.5 Å². The Labute approximate surface area is 167 Å². The highest BCUT2D eigenvalue weighted by Gasteiger charge is 2.27. The van der Waals surface area contributed by atoms with Crippen molar-refractivity contribution in [1.82, 2.24) is 9.13 Å². The molecule has 9 nitrogen and oxygen atoms in total. The van der Waals surface area contributed by atoms with E-state index in [0.717, 1.165) is 4.57 Å². The number of hydrogen-bond acceptors (Lipinski definition) is 6. The van der Waals surface area contributed by atoms with Crippen LogP contribution >= 0.6 is 0 Å². The van der Waals surface area contributed by atoms with E-state index in [0.29, 0.717) is 62.1 Å². The molecule has 0 saturated carbocycles. The van der Waals surface area contributed by atoms with Crippen LogP contribution in [0.3, 0.4) is 0 Å². The minimum atomic E-state index is -0.356. The summed E-state index contributed by atoms with van der Waals surface area (Å²) < 4.78 is 13.6. The van der Waals surface area contributed by atoms with E-state index in [4.69, 9.17) is 9.47 Å². The van der Waals surface area contributed by atoms with Gasteiger partial charge in [0.25, 0.3) is 5.56 Å². The van der Waals surface area contributed by atoms with Gasteiger partial charge in [0.05, 0.1) is 0 Å². The number of carbonyl (C=O) groups excluding carboxylic acids is 1. The molecular formula is C20H24N4O5. The van der Waals surface area contributed by atoms with Gasteiger partial charge in [-0.25, -0.2) is 4.79 Å². The lowest BCUT2D eigenvalue weighted by Crippen LogP contribution is -2.44. The van der Waals surface area contributed by atoms with Crippen molar-refractivity contribution >= 4 is 17.4 Å². The predicted molar refractivity (Wildman–Crippen MR) is 108 cm³/mol. The maximum atomic E-state index is 12.7.